The molecule has 0 aliphatic carbocycles. The van der Waals surface area contributed by atoms with Gasteiger partial charge in [0, 0.05) is 30.2 Å². The van der Waals surface area contributed by atoms with E-state index in [1.807, 2.05) is 24.5 Å². The van der Waals surface area contributed by atoms with Crippen molar-refractivity contribution in [2.45, 2.75) is 6.92 Å². The number of para-hydroxylation sites is 2. The highest BCUT2D eigenvalue weighted by molar-refractivity contribution is 6.06. The molecule has 0 atom stereocenters. The van der Waals surface area contributed by atoms with E-state index in [0.29, 0.717) is 0 Å². The Hall–Kier alpha value is -5.02. The molecule has 0 saturated carbocycles. The average molecular weight is 502 g/mol. The number of hydrogen-bond donors (Lipinski definition) is 0. The van der Waals surface area contributed by atoms with Crippen molar-refractivity contribution < 1.29 is 0 Å². The highest BCUT2D eigenvalue weighted by atomic mass is 14.9. The van der Waals surface area contributed by atoms with Gasteiger partial charge in [0.25, 0.3) is 0 Å². The molecule has 2 heterocycles. The number of aromatic nitrogens is 3. The van der Waals surface area contributed by atoms with Gasteiger partial charge in [-0.1, -0.05) is 84.4 Å². The van der Waals surface area contributed by atoms with Crippen LogP contribution in [0.25, 0.3) is 65.5 Å². The molecule has 5 aromatic carbocycles. The van der Waals surface area contributed by atoms with E-state index < -0.39 is 0 Å². The molecule has 0 spiro atoms. The molecule has 0 aliphatic heterocycles. The van der Waals surface area contributed by atoms with Crippen molar-refractivity contribution in [2.75, 3.05) is 0 Å². The molecule has 186 valence electrons. The van der Waals surface area contributed by atoms with Gasteiger partial charge in [-0.25, -0.2) is 0 Å². The Labute approximate surface area is 227 Å². The van der Waals surface area contributed by atoms with E-state index in [-0.39, 0.29) is 0 Å². The molecule has 39 heavy (non-hydrogen) atoms. The molecule has 0 saturated heterocycles. The van der Waals surface area contributed by atoms with Gasteiger partial charge >= 0.3 is 0 Å². The minimum absolute atomic E-state index is 0.933. The zero-order chi connectivity index (χ0) is 26.3. The molecule has 0 N–H and O–H groups in total. The summed E-state index contributed by atoms with van der Waals surface area (Å²) in [5.74, 6) is 0. The van der Waals surface area contributed by atoms with Crippen LogP contribution in [0, 0.1) is 6.92 Å². The van der Waals surface area contributed by atoms with Crippen LogP contribution in [-0.4, -0.2) is 14.5 Å². The SMILES string of the molecule is Cc1ccc(-c2ccc3cnc4ccccc4n(C)c4cccnc4c3c2)c2ccc3cccc(cc1)c3c2. The van der Waals surface area contributed by atoms with Gasteiger partial charge in [-0.15, -0.1) is 0 Å². The zero-order valence-electron chi connectivity index (χ0n) is 22.0. The van der Waals surface area contributed by atoms with Crippen LogP contribution in [-0.2, 0) is 7.05 Å². The molecule has 7 rings (SSSR count). The van der Waals surface area contributed by atoms with Gasteiger partial charge in [-0.05, 0) is 76.0 Å². The molecular formula is C36H27N3. The molecule has 7 aromatic rings. The number of aryl methyl sites for hydroxylation is 2. The molecule has 3 heteroatoms. The maximum atomic E-state index is 4.90. The minimum atomic E-state index is 0.933. The smallest absolute Gasteiger partial charge is 0.0945 e. The van der Waals surface area contributed by atoms with Crippen LogP contribution in [0.2, 0.25) is 0 Å². The second-order valence-corrected chi connectivity index (χ2v) is 10.1. The average Bonchev–Trinajstić information content (AvgIpc) is 3.03. The Morgan fingerprint density at radius 1 is 0.564 bits per heavy atom. The number of nitrogens with zero attached hydrogens (tertiary/aromatic N) is 3. The molecule has 0 radical (unpaired) electrons. The molecular weight excluding hydrogens is 474 g/mol. The predicted octanol–water partition coefficient (Wildman–Crippen LogP) is 9.24. The fraction of sp³-hybridized carbons (Fsp3) is 0.0556. The van der Waals surface area contributed by atoms with Crippen LogP contribution in [0.3, 0.4) is 0 Å². The Morgan fingerprint density at radius 3 is 2.21 bits per heavy atom. The second kappa shape index (κ2) is 9.38. The van der Waals surface area contributed by atoms with E-state index in [1.54, 1.807) is 0 Å². The van der Waals surface area contributed by atoms with Gasteiger partial charge < -0.3 is 4.57 Å². The van der Waals surface area contributed by atoms with Crippen molar-refractivity contribution in [3.8, 4) is 11.1 Å². The maximum Gasteiger partial charge on any atom is 0.0945 e. The number of rotatable bonds is 1. The summed E-state index contributed by atoms with van der Waals surface area (Å²) >= 11 is 0. The standard InChI is InChI=1S/C36H27N3/c1-24-12-14-25-7-5-8-26-15-16-27(21-31(25)26)30(19-13-24)28-17-18-29-23-38-33-9-3-4-10-34(33)39(2)35-11-6-20-37-36(35)32(29)22-28/h3-23H,1-2H3. The molecule has 0 fully saturated rings. The number of pyridine rings is 1. The lowest BCUT2D eigenvalue weighted by Crippen LogP contribution is -1.93. The lowest BCUT2D eigenvalue weighted by atomic mass is 9.96. The predicted molar refractivity (Wildman–Crippen MR) is 165 cm³/mol. The van der Waals surface area contributed by atoms with Crippen LogP contribution in [0.4, 0.5) is 0 Å². The van der Waals surface area contributed by atoms with Crippen molar-refractivity contribution in [1.82, 2.24) is 14.5 Å². The van der Waals surface area contributed by atoms with Crippen LogP contribution in [0.1, 0.15) is 5.56 Å². The summed E-state index contributed by atoms with van der Waals surface area (Å²) in [6, 6.07) is 41.1. The van der Waals surface area contributed by atoms with Crippen LogP contribution >= 0.6 is 0 Å². The first-order valence-corrected chi connectivity index (χ1v) is 13.2. The third-order valence-electron chi connectivity index (χ3n) is 7.62. The Morgan fingerprint density at radius 2 is 1.31 bits per heavy atom. The lowest BCUT2D eigenvalue weighted by Gasteiger charge is -2.09. The van der Waals surface area contributed by atoms with Crippen molar-refractivity contribution in [1.29, 1.82) is 0 Å². The third kappa shape index (κ3) is 4.09. The first kappa shape index (κ1) is 23.1. The summed E-state index contributed by atoms with van der Waals surface area (Å²) < 4.78 is 2.18. The van der Waals surface area contributed by atoms with E-state index in [0.717, 1.165) is 38.4 Å². The Bertz CT molecular complexity index is 2150. The molecule has 2 aromatic heterocycles. The number of hydrogen-bond acceptors (Lipinski definition) is 2. The van der Waals surface area contributed by atoms with Gasteiger partial charge in [0.2, 0.25) is 0 Å². The topological polar surface area (TPSA) is 30.7 Å². The van der Waals surface area contributed by atoms with E-state index in [1.165, 1.54) is 32.7 Å². The molecule has 3 nitrogen and oxygen atoms in total. The first-order valence-electron chi connectivity index (χ1n) is 13.2. The molecule has 0 aliphatic rings. The lowest BCUT2D eigenvalue weighted by molar-refractivity contribution is 1.00. The van der Waals surface area contributed by atoms with Crippen LogP contribution in [0.15, 0.2) is 128 Å². The summed E-state index contributed by atoms with van der Waals surface area (Å²) in [6.45, 7) is 2.15. The van der Waals surface area contributed by atoms with E-state index in [4.69, 9.17) is 9.97 Å². The number of benzene rings is 4. The summed E-state index contributed by atoms with van der Waals surface area (Å²) in [7, 11) is 2.08. The van der Waals surface area contributed by atoms with Gasteiger partial charge in [-0.2, -0.15) is 0 Å². The zero-order valence-corrected chi connectivity index (χ0v) is 22.0. The summed E-state index contributed by atoms with van der Waals surface area (Å²) in [5, 5.41) is 7.03. The van der Waals surface area contributed by atoms with Gasteiger partial charge in [0.1, 0.15) is 0 Å². The first-order chi connectivity index (χ1) is 19.2. The van der Waals surface area contributed by atoms with Crippen LogP contribution in [0.5, 0.6) is 0 Å². The summed E-state index contributed by atoms with van der Waals surface area (Å²) in [4.78, 5) is 9.79. The van der Waals surface area contributed by atoms with Crippen LogP contribution < -0.4 is 0 Å². The number of fused-ring (bicyclic) bond motifs is 5. The summed E-state index contributed by atoms with van der Waals surface area (Å²) in [6.07, 6.45) is 3.84. The molecule has 0 amide bonds. The normalized spacial score (nSPS) is 11.3. The van der Waals surface area contributed by atoms with Crippen molar-refractivity contribution in [2.24, 2.45) is 7.05 Å². The Balaban J connectivity index is 1.62. The van der Waals surface area contributed by atoms with E-state index >= 15 is 0 Å². The van der Waals surface area contributed by atoms with Gasteiger partial charge in [-0.3, -0.25) is 9.97 Å². The Kier molecular flexibility index (Phi) is 5.56. The second-order valence-electron chi connectivity index (χ2n) is 10.1. The maximum absolute atomic E-state index is 4.90. The third-order valence-corrected chi connectivity index (χ3v) is 7.62. The monoisotopic (exact) mass is 501 g/mol. The van der Waals surface area contributed by atoms with Crippen molar-refractivity contribution >= 4 is 54.4 Å². The van der Waals surface area contributed by atoms with Crippen molar-refractivity contribution in [3.63, 3.8) is 0 Å². The highest BCUT2D eigenvalue weighted by Crippen LogP contribution is 2.32. The molecule has 0 unspecified atom stereocenters. The van der Waals surface area contributed by atoms with E-state index in [9.17, 15) is 0 Å². The van der Waals surface area contributed by atoms with E-state index in [2.05, 4.69) is 122 Å². The fourth-order valence-electron chi connectivity index (χ4n) is 5.50. The van der Waals surface area contributed by atoms with Gasteiger partial charge in [0.15, 0.2) is 0 Å². The fourth-order valence-corrected chi connectivity index (χ4v) is 5.50. The van der Waals surface area contributed by atoms with Crippen molar-refractivity contribution in [3.05, 3.63) is 133 Å². The van der Waals surface area contributed by atoms with Gasteiger partial charge in [0.05, 0.1) is 22.1 Å². The molecule has 2 bridgehead atoms. The minimum Gasteiger partial charge on any atom is -0.341 e. The highest BCUT2D eigenvalue weighted by Gasteiger charge is 2.08. The largest absolute Gasteiger partial charge is 0.341 e. The quantitative estimate of drug-likeness (QED) is 0.224. The summed E-state index contributed by atoms with van der Waals surface area (Å²) in [5.41, 5.74) is 7.49.